The number of benzene rings is 1. The van der Waals surface area contributed by atoms with Crippen LogP contribution in [0.2, 0.25) is 0 Å². The fraction of sp³-hybridized carbons (Fsp3) is 0.0714. The van der Waals surface area contributed by atoms with Gasteiger partial charge in [0.1, 0.15) is 23.1 Å². The predicted octanol–water partition coefficient (Wildman–Crippen LogP) is 3.85. The van der Waals surface area contributed by atoms with Crippen LogP contribution in [-0.4, -0.2) is 10.9 Å². The number of halogens is 2. The third-order valence-electron chi connectivity index (χ3n) is 2.56. The summed E-state index contributed by atoms with van der Waals surface area (Å²) < 4.78 is 23.8. The fourth-order valence-corrected chi connectivity index (χ4v) is 1.85. The lowest BCUT2D eigenvalue weighted by molar-refractivity contribution is -0.402. The lowest BCUT2D eigenvalue weighted by Crippen LogP contribution is -2.02. The molecule has 8 heteroatoms. The van der Waals surface area contributed by atoms with E-state index in [0.29, 0.717) is 4.47 Å². The summed E-state index contributed by atoms with van der Waals surface area (Å²) in [4.78, 5) is 21.2. The number of nitro groups is 1. The van der Waals surface area contributed by atoms with Crippen LogP contribution >= 0.6 is 15.9 Å². The third kappa shape index (κ3) is 4.26. The molecule has 0 bridgehead atoms. The first-order valence-corrected chi connectivity index (χ1v) is 6.78. The number of carbonyl (C=O) groups is 1. The molecule has 0 N–H and O–H groups in total. The molecule has 6 nitrogen and oxygen atoms in total. The van der Waals surface area contributed by atoms with E-state index in [2.05, 4.69) is 15.9 Å². The molecular formula is C14H9BrFNO5. The Bertz CT molecular complexity index is 741. The highest BCUT2D eigenvalue weighted by molar-refractivity contribution is 9.10. The minimum Gasteiger partial charge on any atom is -0.458 e. The highest BCUT2D eigenvalue weighted by Crippen LogP contribution is 2.17. The first-order chi connectivity index (χ1) is 10.5. The van der Waals surface area contributed by atoms with Crippen LogP contribution in [0.3, 0.4) is 0 Å². The topological polar surface area (TPSA) is 82.6 Å². The molecule has 0 amide bonds. The summed E-state index contributed by atoms with van der Waals surface area (Å²) in [6.07, 6.45) is 2.27. The quantitative estimate of drug-likeness (QED) is 0.346. The van der Waals surface area contributed by atoms with E-state index in [9.17, 15) is 19.3 Å². The molecule has 1 heterocycles. The van der Waals surface area contributed by atoms with E-state index in [1.165, 1.54) is 30.3 Å². The molecule has 0 aliphatic carbocycles. The van der Waals surface area contributed by atoms with Gasteiger partial charge in [-0.1, -0.05) is 22.0 Å². The second-order valence-electron chi connectivity index (χ2n) is 4.11. The van der Waals surface area contributed by atoms with Crippen LogP contribution in [-0.2, 0) is 16.1 Å². The summed E-state index contributed by atoms with van der Waals surface area (Å²) in [6.45, 7) is -0.222. The summed E-state index contributed by atoms with van der Waals surface area (Å²) in [5.41, 5.74) is 0.235. The Balaban J connectivity index is 1.92. The first-order valence-electron chi connectivity index (χ1n) is 5.98. The molecule has 2 rings (SSSR count). The largest absolute Gasteiger partial charge is 0.458 e. The molecule has 22 heavy (non-hydrogen) atoms. The van der Waals surface area contributed by atoms with Crippen molar-refractivity contribution in [3.63, 3.8) is 0 Å². The lowest BCUT2D eigenvalue weighted by Gasteiger charge is -2.03. The number of furan rings is 1. The molecule has 0 saturated heterocycles. The molecule has 0 unspecified atom stereocenters. The Kier molecular flexibility index (Phi) is 5.05. The van der Waals surface area contributed by atoms with Crippen LogP contribution in [0.15, 0.2) is 45.3 Å². The van der Waals surface area contributed by atoms with Gasteiger partial charge in [0, 0.05) is 16.1 Å². The number of nitrogens with zero attached hydrogens (tertiary/aromatic N) is 1. The number of hydrogen-bond donors (Lipinski definition) is 0. The van der Waals surface area contributed by atoms with Gasteiger partial charge in [-0.15, -0.1) is 0 Å². The highest BCUT2D eigenvalue weighted by Gasteiger charge is 2.10. The molecule has 0 atom stereocenters. The van der Waals surface area contributed by atoms with Crippen LogP contribution in [0.1, 0.15) is 11.3 Å². The highest BCUT2D eigenvalue weighted by atomic mass is 79.9. The Morgan fingerprint density at radius 2 is 2.18 bits per heavy atom. The maximum Gasteiger partial charge on any atom is 0.433 e. The minimum absolute atomic E-state index is 0.137. The Morgan fingerprint density at radius 3 is 2.82 bits per heavy atom. The zero-order valence-electron chi connectivity index (χ0n) is 11.0. The maximum atomic E-state index is 13.5. The van der Waals surface area contributed by atoms with Gasteiger partial charge < -0.3 is 9.15 Å². The number of carbonyl (C=O) groups excluding carboxylic acids is 1. The molecule has 114 valence electrons. The SMILES string of the molecule is O=C(/C=C/c1ccc([N+](=O)[O-])o1)OCc1ccc(Br)cc1F. The molecule has 1 aromatic heterocycles. The van der Waals surface area contributed by atoms with Crippen molar-refractivity contribution in [2.45, 2.75) is 6.61 Å². The van der Waals surface area contributed by atoms with Crippen molar-refractivity contribution < 1.29 is 23.3 Å². The second-order valence-corrected chi connectivity index (χ2v) is 5.03. The average Bonchev–Trinajstić information content (AvgIpc) is 2.93. The zero-order chi connectivity index (χ0) is 16.1. The van der Waals surface area contributed by atoms with Crippen LogP contribution in [0.25, 0.3) is 6.08 Å². The summed E-state index contributed by atoms with van der Waals surface area (Å²) in [5, 5.41) is 10.4. The van der Waals surface area contributed by atoms with Gasteiger partial charge in [-0.3, -0.25) is 10.1 Å². The average molecular weight is 370 g/mol. The first kappa shape index (κ1) is 15.9. The van der Waals surface area contributed by atoms with Gasteiger partial charge in [0.15, 0.2) is 0 Å². The van der Waals surface area contributed by atoms with E-state index in [0.717, 1.165) is 6.08 Å². The summed E-state index contributed by atoms with van der Waals surface area (Å²) in [7, 11) is 0. The number of hydrogen-bond acceptors (Lipinski definition) is 5. The molecule has 0 radical (unpaired) electrons. The van der Waals surface area contributed by atoms with Gasteiger partial charge in [-0.2, -0.15) is 0 Å². The molecule has 0 fully saturated rings. The van der Waals surface area contributed by atoms with Gasteiger partial charge in [-0.05, 0) is 24.3 Å². The van der Waals surface area contributed by atoms with Crippen molar-refractivity contribution >= 4 is 33.9 Å². The van der Waals surface area contributed by atoms with E-state index in [1.54, 1.807) is 6.07 Å². The summed E-state index contributed by atoms with van der Waals surface area (Å²) >= 11 is 3.12. The van der Waals surface area contributed by atoms with Crippen molar-refractivity contribution in [2.24, 2.45) is 0 Å². The number of esters is 1. The van der Waals surface area contributed by atoms with Crippen molar-refractivity contribution in [3.8, 4) is 0 Å². The van der Waals surface area contributed by atoms with Gasteiger partial charge >= 0.3 is 11.9 Å². The summed E-state index contributed by atoms with van der Waals surface area (Å²) in [6, 6.07) is 6.90. The molecule has 0 spiro atoms. The Hall–Kier alpha value is -2.48. The maximum absolute atomic E-state index is 13.5. The van der Waals surface area contributed by atoms with Crippen LogP contribution in [0, 0.1) is 15.9 Å². The van der Waals surface area contributed by atoms with Crippen molar-refractivity contribution in [3.05, 3.63) is 68.1 Å². The van der Waals surface area contributed by atoms with Gasteiger partial charge in [-0.25, -0.2) is 9.18 Å². The number of ether oxygens (including phenoxy) is 1. The normalized spacial score (nSPS) is 10.8. The van der Waals surface area contributed by atoms with E-state index in [-0.39, 0.29) is 17.9 Å². The molecule has 0 aliphatic heterocycles. The van der Waals surface area contributed by atoms with E-state index < -0.39 is 22.6 Å². The van der Waals surface area contributed by atoms with Crippen LogP contribution in [0.5, 0.6) is 0 Å². The van der Waals surface area contributed by atoms with E-state index >= 15 is 0 Å². The van der Waals surface area contributed by atoms with Gasteiger partial charge in [0.05, 0.1) is 6.07 Å². The monoisotopic (exact) mass is 369 g/mol. The Morgan fingerprint density at radius 1 is 1.41 bits per heavy atom. The molecule has 2 aromatic rings. The van der Waals surface area contributed by atoms with Crippen molar-refractivity contribution in [1.29, 1.82) is 0 Å². The third-order valence-corrected chi connectivity index (χ3v) is 3.05. The lowest BCUT2D eigenvalue weighted by atomic mass is 10.2. The number of rotatable bonds is 5. The zero-order valence-corrected chi connectivity index (χ0v) is 12.6. The minimum atomic E-state index is -0.721. The standard InChI is InChI=1S/C14H9BrFNO5/c15-10-2-1-9(12(16)7-10)8-21-14(18)6-4-11-3-5-13(22-11)17(19)20/h1-7H,8H2/b6-4+. The summed E-state index contributed by atoms with van der Waals surface area (Å²) in [5.74, 6) is -1.50. The molecule has 0 saturated carbocycles. The molecule has 1 aromatic carbocycles. The molecule has 0 aliphatic rings. The second kappa shape index (κ2) is 6.99. The van der Waals surface area contributed by atoms with Gasteiger partial charge in [0.25, 0.3) is 0 Å². The van der Waals surface area contributed by atoms with Crippen LogP contribution < -0.4 is 0 Å². The van der Waals surface area contributed by atoms with Gasteiger partial charge in [0.2, 0.25) is 0 Å². The van der Waals surface area contributed by atoms with E-state index in [1.807, 2.05) is 0 Å². The smallest absolute Gasteiger partial charge is 0.433 e. The van der Waals surface area contributed by atoms with Crippen molar-refractivity contribution in [1.82, 2.24) is 0 Å². The van der Waals surface area contributed by atoms with E-state index in [4.69, 9.17) is 9.15 Å². The Labute approximate surface area is 132 Å². The van der Waals surface area contributed by atoms with Crippen molar-refractivity contribution in [2.75, 3.05) is 0 Å². The fourth-order valence-electron chi connectivity index (χ4n) is 1.52. The molecular weight excluding hydrogens is 361 g/mol. The predicted molar refractivity (Wildman–Crippen MR) is 78.3 cm³/mol. The van der Waals surface area contributed by atoms with Crippen LogP contribution in [0.4, 0.5) is 10.3 Å².